The Labute approximate surface area is 154 Å². The summed E-state index contributed by atoms with van der Waals surface area (Å²) in [7, 11) is 0. The molecular weight excluding hydrogens is 378 g/mol. The number of halogens is 1. The van der Waals surface area contributed by atoms with Gasteiger partial charge in [0.15, 0.2) is 6.17 Å². The van der Waals surface area contributed by atoms with Crippen molar-refractivity contribution in [2.75, 3.05) is 10.2 Å². The van der Waals surface area contributed by atoms with E-state index in [9.17, 15) is 4.79 Å². The third kappa shape index (κ3) is 2.91. The smallest absolute Gasteiger partial charge is 0.262 e. The van der Waals surface area contributed by atoms with Gasteiger partial charge in [-0.3, -0.25) is 14.7 Å². The van der Waals surface area contributed by atoms with Crippen LogP contribution in [0.2, 0.25) is 0 Å². The number of rotatable bonds is 3. The van der Waals surface area contributed by atoms with Gasteiger partial charge in [0.2, 0.25) is 0 Å². The van der Waals surface area contributed by atoms with Gasteiger partial charge in [0.05, 0.1) is 11.3 Å². The molecule has 0 saturated heterocycles. The van der Waals surface area contributed by atoms with E-state index in [1.165, 1.54) is 0 Å². The fourth-order valence-corrected chi connectivity index (χ4v) is 3.26. The largest absolute Gasteiger partial charge is 0.360 e. The number of aryl methyl sites for hydroxylation is 1. The molecule has 1 atom stereocenters. The first-order chi connectivity index (χ1) is 12.1. The van der Waals surface area contributed by atoms with Crippen molar-refractivity contribution in [3.63, 3.8) is 0 Å². The van der Waals surface area contributed by atoms with Gasteiger partial charge in [0.1, 0.15) is 0 Å². The van der Waals surface area contributed by atoms with Gasteiger partial charge >= 0.3 is 0 Å². The van der Waals surface area contributed by atoms with Crippen molar-refractivity contribution >= 4 is 33.2 Å². The van der Waals surface area contributed by atoms with Crippen LogP contribution in [0.1, 0.15) is 27.8 Å². The highest BCUT2D eigenvalue weighted by Crippen LogP contribution is 2.37. The van der Waals surface area contributed by atoms with Crippen molar-refractivity contribution in [3.8, 4) is 0 Å². The van der Waals surface area contributed by atoms with Crippen LogP contribution in [-0.4, -0.2) is 10.9 Å². The molecule has 25 heavy (non-hydrogen) atoms. The number of hydrogen-bond acceptors (Lipinski definition) is 3. The van der Waals surface area contributed by atoms with Crippen LogP contribution in [0.5, 0.6) is 0 Å². The van der Waals surface area contributed by atoms with Crippen LogP contribution in [0.25, 0.3) is 0 Å². The molecule has 4 nitrogen and oxygen atoms in total. The molecule has 4 rings (SSSR count). The maximum absolute atomic E-state index is 13.0. The van der Waals surface area contributed by atoms with E-state index >= 15 is 0 Å². The van der Waals surface area contributed by atoms with Gasteiger partial charge in [-0.05, 0) is 55.5 Å². The van der Waals surface area contributed by atoms with E-state index in [-0.39, 0.29) is 12.1 Å². The molecule has 5 heteroatoms. The number of amides is 1. The van der Waals surface area contributed by atoms with Gasteiger partial charge < -0.3 is 5.32 Å². The number of carbonyl (C=O) groups excluding carboxylic acids is 1. The average molecular weight is 394 g/mol. The molecule has 0 bridgehead atoms. The van der Waals surface area contributed by atoms with Crippen molar-refractivity contribution in [2.24, 2.45) is 0 Å². The highest BCUT2D eigenvalue weighted by Gasteiger charge is 2.38. The van der Waals surface area contributed by atoms with Crippen molar-refractivity contribution in [1.29, 1.82) is 0 Å². The lowest BCUT2D eigenvalue weighted by Crippen LogP contribution is -2.32. The van der Waals surface area contributed by atoms with Crippen molar-refractivity contribution in [1.82, 2.24) is 4.98 Å². The standard InChI is InChI=1S/C20H16BrN3O/c1-13-4-10-16(11-5-13)24-19(23-15-8-6-14(21)7-9-15)18-17(20(24)25)3-2-12-22-18/h2-12,19,23H,1H3/t19-/m1/s1. The van der Waals surface area contributed by atoms with Crippen LogP contribution in [0.3, 0.4) is 0 Å². The lowest BCUT2D eigenvalue weighted by molar-refractivity contribution is 0.0993. The Morgan fingerprint density at radius 3 is 2.48 bits per heavy atom. The van der Waals surface area contributed by atoms with Crippen LogP contribution < -0.4 is 10.2 Å². The first kappa shape index (κ1) is 15.8. The number of pyridine rings is 1. The second-order valence-corrected chi connectivity index (χ2v) is 6.92. The molecule has 1 amide bonds. The zero-order valence-electron chi connectivity index (χ0n) is 13.6. The quantitative estimate of drug-likeness (QED) is 0.686. The van der Waals surface area contributed by atoms with Crippen LogP contribution in [-0.2, 0) is 0 Å². The first-order valence-corrected chi connectivity index (χ1v) is 8.80. The Balaban J connectivity index is 1.77. The number of anilines is 2. The van der Waals surface area contributed by atoms with Crippen molar-refractivity contribution in [2.45, 2.75) is 13.1 Å². The number of benzene rings is 2. The fourth-order valence-electron chi connectivity index (χ4n) is 2.99. The molecular formula is C20H16BrN3O. The number of hydrogen-bond donors (Lipinski definition) is 1. The molecule has 0 unspecified atom stereocenters. The Morgan fingerprint density at radius 2 is 1.76 bits per heavy atom. The minimum Gasteiger partial charge on any atom is -0.360 e. The lowest BCUT2D eigenvalue weighted by Gasteiger charge is -2.26. The summed E-state index contributed by atoms with van der Waals surface area (Å²) in [5, 5.41) is 3.44. The second-order valence-electron chi connectivity index (χ2n) is 6.00. The van der Waals surface area contributed by atoms with Crippen molar-refractivity contribution < 1.29 is 4.79 Å². The monoisotopic (exact) mass is 393 g/mol. The Hall–Kier alpha value is -2.66. The van der Waals surface area contributed by atoms with Gasteiger partial charge in [0.25, 0.3) is 5.91 Å². The number of carbonyl (C=O) groups is 1. The molecule has 0 saturated carbocycles. The molecule has 1 aliphatic heterocycles. The van der Waals surface area contributed by atoms with E-state index in [4.69, 9.17) is 0 Å². The molecule has 0 aliphatic carbocycles. The SMILES string of the molecule is Cc1ccc(N2C(=O)c3cccnc3[C@@H]2Nc2ccc(Br)cc2)cc1. The summed E-state index contributed by atoms with van der Waals surface area (Å²) in [6.45, 7) is 2.03. The highest BCUT2D eigenvalue weighted by molar-refractivity contribution is 9.10. The molecule has 1 aromatic heterocycles. The number of nitrogens with one attached hydrogen (secondary N) is 1. The van der Waals surface area contributed by atoms with Crippen LogP contribution in [0, 0.1) is 6.92 Å². The Bertz CT molecular complexity index is 922. The summed E-state index contributed by atoms with van der Waals surface area (Å²) in [4.78, 5) is 19.2. The Morgan fingerprint density at radius 1 is 1.04 bits per heavy atom. The summed E-state index contributed by atoms with van der Waals surface area (Å²) < 4.78 is 1.01. The average Bonchev–Trinajstić information content (AvgIpc) is 2.90. The van der Waals surface area contributed by atoms with E-state index in [2.05, 4.69) is 26.2 Å². The van der Waals surface area contributed by atoms with E-state index in [0.717, 1.165) is 27.1 Å². The molecule has 0 fully saturated rings. The summed E-state index contributed by atoms with van der Waals surface area (Å²) in [6.07, 6.45) is 1.38. The van der Waals surface area contributed by atoms with Crippen LogP contribution in [0.15, 0.2) is 71.3 Å². The lowest BCUT2D eigenvalue weighted by atomic mass is 10.2. The fraction of sp³-hybridized carbons (Fsp3) is 0.100. The molecule has 2 heterocycles. The highest BCUT2D eigenvalue weighted by atomic mass is 79.9. The van der Waals surface area contributed by atoms with Crippen molar-refractivity contribution in [3.05, 3.63) is 88.2 Å². The zero-order chi connectivity index (χ0) is 17.4. The summed E-state index contributed by atoms with van der Waals surface area (Å²) in [5.41, 5.74) is 4.32. The summed E-state index contributed by atoms with van der Waals surface area (Å²) in [6, 6.07) is 19.5. The number of aromatic nitrogens is 1. The zero-order valence-corrected chi connectivity index (χ0v) is 15.2. The van der Waals surface area contributed by atoms with Gasteiger partial charge in [0, 0.05) is 22.0 Å². The molecule has 2 aromatic carbocycles. The molecule has 0 spiro atoms. The maximum atomic E-state index is 13.0. The molecule has 1 aliphatic rings. The predicted molar refractivity (Wildman–Crippen MR) is 103 cm³/mol. The van der Waals surface area contributed by atoms with E-state index in [0.29, 0.717) is 5.56 Å². The Kier molecular flexibility index (Phi) is 4.01. The van der Waals surface area contributed by atoms with Gasteiger partial charge in [-0.2, -0.15) is 0 Å². The van der Waals surface area contributed by atoms with Crippen LogP contribution in [0.4, 0.5) is 11.4 Å². The third-order valence-electron chi connectivity index (χ3n) is 4.26. The third-order valence-corrected chi connectivity index (χ3v) is 4.79. The van der Waals surface area contributed by atoms with Gasteiger partial charge in [-0.15, -0.1) is 0 Å². The second kappa shape index (κ2) is 6.33. The summed E-state index contributed by atoms with van der Waals surface area (Å²) >= 11 is 3.44. The van der Waals surface area contributed by atoms with E-state index in [1.54, 1.807) is 17.2 Å². The summed E-state index contributed by atoms with van der Waals surface area (Å²) in [5.74, 6) is -0.0402. The van der Waals surface area contributed by atoms with Gasteiger partial charge in [-0.1, -0.05) is 33.6 Å². The minimum absolute atomic E-state index is 0.0402. The number of fused-ring (bicyclic) bond motifs is 1. The molecule has 3 aromatic rings. The topological polar surface area (TPSA) is 45.2 Å². The maximum Gasteiger partial charge on any atom is 0.262 e. The first-order valence-electron chi connectivity index (χ1n) is 8.01. The van der Waals surface area contributed by atoms with Gasteiger partial charge in [-0.25, -0.2) is 0 Å². The van der Waals surface area contributed by atoms with E-state index < -0.39 is 0 Å². The molecule has 0 radical (unpaired) electrons. The minimum atomic E-state index is -0.340. The number of nitrogens with zero attached hydrogens (tertiary/aromatic N) is 2. The molecule has 1 N–H and O–H groups in total. The van der Waals surface area contributed by atoms with E-state index in [1.807, 2.05) is 61.5 Å². The molecule has 124 valence electrons. The predicted octanol–water partition coefficient (Wildman–Crippen LogP) is 4.92. The van der Waals surface area contributed by atoms with Crippen LogP contribution >= 0.6 is 15.9 Å². The normalized spacial score (nSPS) is 16.0.